The summed E-state index contributed by atoms with van der Waals surface area (Å²) < 4.78 is 20.8. The van der Waals surface area contributed by atoms with Crippen molar-refractivity contribution in [3.63, 3.8) is 0 Å². The van der Waals surface area contributed by atoms with Crippen molar-refractivity contribution in [2.75, 3.05) is 13.4 Å². The molecule has 0 bridgehead atoms. The predicted octanol–water partition coefficient (Wildman–Crippen LogP) is 2.40. The molecule has 5 nitrogen and oxygen atoms in total. The van der Waals surface area contributed by atoms with Crippen LogP contribution in [0.2, 0.25) is 0 Å². The first-order valence-corrected chi connectivity index (χ1v) is 6.09. The van der Waals surface area contributed by atoms with Gasteiger partial charge in [0.05, 0.1) is 0 Å². The molecule has 3 rings (SSSR count). The van der Waals surface area contributed by atoms with E-state index in [1.807, 2.05) is 18.2 Å². The second kappa shape index (κ2) is 5.52. The second-order valence-electron chi connectivity index (χ2n) is 4.09. The van der Waals surface area contributed by atoms with E-state index in [0.29, 0.717) is 23.0 Å². The Morgan fingerprint density at radius 3 is 2.65 bits per heavy atom. The standard InChI is InChI=1S/C15H12O5/c16-15(9-17-11-4-2-1-3-5-11)20-12-6-7-13-14(8-12)19-10-18-13/h1-8H,9-10H2. The number of para-hydroxylation sites is 1. The summed E-state index contributed by atoms with van der Waals surface area (Å²) in [4.78, 5) is 11.7. The Labute approximate surface area is 115 Å². The van der Waals surface area contributed by atoms with E-state index in [4.69, 9.17) is 18.9 Å². The molecule has 0 radical (unpaired) electrons. The molecule has 0 saturated heterocycles. The topological polar surface area (TPSA) is 54.0 Å². The monoisotopic (exact) mass is 272 g/mol. The zero-order valence-electron chi connectivity index (χ0n) is 10.6. The fourth-order valence-corrected chi connectivity index (χ4v) is 1.76. The van der Waals surface area contributed by atoms with Gasteiger partial charge in [0.25, 0.3) is 0 Å². The summed E-state index contributed by atoms with van der Waals surface area (Å²) in [5, 5.41) is 0. The summed E-state index contributed by atoms with van der Waals surface area (Å²) in [5.74, 6) is 1.75. The van der Waals surface area contributed by atoms with Gasteiger partial charge >= 0.3 is 5.97 Å². The lowest BCUT2D eigenvalue weighted by molar-refractivity contribution is -0.136. The van der Waals surface area contributed by atoms with Crippen molar-refractivity contribution in [3.05, 3.63) is 48.5 Å². The summed E-state index contributed by atoms with van der Waals surface area (Å²) in [5.41, 5.74) is 0. The maximum absolute atomic E-state index is 11.7. The zero-order chi connectivity index (χ0) is 13.8. The number of rotatable bonds is 4. The van der Waals surface area contributed by atoms with Crippen LogP contribution in [0.3, 0.4) is 0 Å². The Morgan fingerprint density at radius 1 is 1.00 bits per heavy atom. The zero-order valence-corrected chi connectivity index (χ0v) is 10.6. The maximum Gasteiger partial charge on any atom is 0.349 e. The Bertz CT molecular complexity index is 609. The van der Waals surface area contributed by atoms with Gasteiger partial charge in [-0.1, -0.05) is 18.2 Å². The summed E-state index contributed by atoms with van der Waals surface area (Å²) in [6, 6.07) is 14.0. The molecule has 20 heavy (non-hydrogen) atoms. The highest BCUT2D eigenvalue weighted by Crippen LogP contribution is 2.35. The molecular weight excluding hydrogens is 260 g/mol. The predicted molar refractivity (Wildman–Crippen MR) is 70.1 cm³/mol. The molecule has 0 atom stereocenters. The molecule has 0 aliphatic carbocycles. The van der Waals surface area contributed by atoms with Gasteiger partial charge in [-0.2, -0.15) is 0 Å². The summed E-state index contributed by atoms with van der Waals surface area (Å²) >= 11 is 0. The minimum atomic E-state index is -0.479. The van der Waals surface area contributed by atoms with Gasteiger partial charge in [-0.25, -0.2) is 4.79 Å². The molecule has 1 heterocycles. The smallest absolute Gasteiger partial charge is 0.349 e. The van der Waals surface area contributed by atoms with Crippen LogP contribution in [0.1, 0.15) is 0 Å². The maximum atomic E-state index is 11.7. The van der Waals surface area contributed by atoms with Crippen molar-refractivity contribution in [2.24, 2.45) is 0 Å². The third-order valence-electron chi connectivity index (χ3n) is 2.68. The van der Waals surface area contributed by atoms with Gasteiger partial charge in [0.2, 0.25) is 6.79 Å². The van der Waals surface area contributed by atoms with Crippen LogP contribution in [-0.4, -0.2) is 19.4 Å². The highest BCUT2D eigenvalue weighted by molar-refractivity contribution is 5.74. The SMILES string of the molecule is O=C(COc1ccccc1)Oc1ccc2c(c1)OCO2. The average molecular weight is 272 g/mol. The van der Waals surface area contributed by atoms with Crippen molar-refractivity contribution in [2.45, 2.75) is 0 Å². The summed E-state index contributed by atoms with van der Waals surface area (Å²) in [7, 11) is 0. The van der Waals surface area contributed by atoms with Crippen LogP contribution in [0, 0.1) is 0 Å². The molecule has 2 aromatic carbocycles. The average Bonchev–Trinajstić information content (AvgIpc) is 2.94. The lowest BCUT2D eigenvalue weighted by atomic mass is 10.3. The van der Waals surface area contributed by atoms with Crippen LogP contribution in [0.4, 0.5) is 0 Å². The van der Waals surface area contributed by atoms with Crippen molar-refractivity contribution in [1.29, 1.82) is 0 Å². The number of carbonyl (C=O) groups is 1. The van der Waals surface area contributed by atoms with Crippen molar-refractivity contribution >= 4 is 5.97 Å². The third-order valence-corrected chi connectivity index (χ3v) is 2.68. The Balaban J connectivity index is 1.56. The van der Waals surface area contributed by atoms with E-state index in [-0.39, 0.29) is 13.4 Å². The van der Waals surface area contributed by atoms with E-state index >= 15 is 0 Å². The van der Waals surface area contributed by atoms with Crippen molar-refractivity contribution < 1.29 is 23.7 Å². The first kappa shape index (κ1) is 12.3. The van der Waals surface area contributed by atoms with Crippen LogP contribution >= 0.6 is 0 Å². The van der Waals surface area contributed by atoms with E-state index in [0.717, 1.165) is 0 Å². The number of esters is 1. The molecule has 5 heteroatoms. The molecule has 0 saturated carbocycles. The molecule has 1 aliphatic heterocycles. The molecule has 2 aromatic rings. The van der Waals surface area contributed by atoms with Gasteiger partial charge in [-0.15, -0.1) is 0 Å². The van der Waals surface area contributed by atoms with Crippen LogP contribution in [-0.2, 0) is 4.79 Å². The molecule has 0 unspecified atom stereocenters. The Kier molecular flexibility index (Phi) is 3.41. The summed E-state index contributed by atoms with van der Waals surface area (Å²) in [6.45, 7) is 0.0301. The molecule has 1 aliphatic rings. The molecular formula is C15H12O5. The minimum absolute atomic E-state index is 0.154. The first-order chi connectivity index (χ1) is 9.81. The van der Waals surface area contributed by atoms with Crippen LogP contribution in [0.5, 0.6) is 23.0 Å². The second-order valence-corrected chi connectivity index (χ2v) is 4.09. The first-order valence-electron chi connectivity index (χ1n) is 6.09. The minimum Gasteiger partial charge on any atom is -0.482 e. The van der Waals surface area contributed by atoms with Crippen molar-refractivity contribution in [1.82, 2.24) is 0 Å². The van der Waals surface area contributed by atoms with Crippen molar-refractivity contribution in [3.8, 4) is 23.0 Å². The van der Waals surface area contributed by atoms with Gasteiger partial charge in [-0.3, -0.25) is 0 Å². The van der Waals surface area contributed by atoms with E-state index in [2.05, 4.69) is 0 Å². The number of fused-ring (bicyclic) bond motifs is 1. The molecule has 0 amide bonds. The van der Waals surface area contributed by atoms with E-state index in [9.17, 15) is 4.79 Å². The van der Waals surface area contributed by atoms with Gasteiger partial charge in [0.15, 0.2) is 18.1 Å². The lowest BCUT2D eigenvalue weighted by Crippen LogP contribution is -2.17. The fraction of sp³-hybridized carbons (Fsp3) is 0.133. The Morgan fingerprint density at radius 2 is 1.80 bits per heavy atom. The van der Waals surface area contributed by atoms with Gasteiger partial charge < -0.3 is 18.9 Å². The normalized spacial score (nSPS) is 12.0. The number of ether oxygens (including phenoxy) is 4. The van der Waals surface area contributed by atoms with Gasteiger partial charge in [0, 0.05) is 6.07 Å². The lowest BCUT2D eigenvalue weighted by Gasteiger charge is -2.07. The number of hydrogen-bond acceptors (Lipinski definition) is 5. The third kappa shape index (κ3) is 2.83. The molecule has 0 fully saturated rings. The number of benzene rings is 2. The van der Waals surface area contributed by atoms with Gasteiger partial charge in [0.1, 0.15) is 11.5 Å². The molecule has 102 valence electrons. The molecule has 0 aromatic heterocycles. The highest BCUT2D eigenvalue weighted by Gasteiger charge is 2.15. The van der Waals surface area contributed by atoms with E-state index in [1.165, 1.54) is 0 Å². The van der Waals surface area contributed by atoms with Crippen LogP contribution in [0.15, 0.2) is 48.5 Å². The Hall–Kier alpha value is -2.69. The van der Waals surface area contributed by atoms with Gasteiger partial charge in [-0.05, 0) is 24.3 Å². The molecule has 0 spiro atoms. The van der Waals surface area contributed by atoms with E-state index < -0.39 is 5.97 Å². The quantitative estimate of drug-likeness (QED) is 0.632. The number of carbonyl (C=O) groups excluding carboxylic acids is 1. The van der Waals surface area contributed by atoms with Crippen LogP contribution < -0.4 is 18.9 Å². The van der Waals surface area contributed by atoms with Crippen LogP contribution in [0.25, 0.3) is 0 Å². The highest BCUT2D eigenvalue weighted by atomic mass is 16.7. The summed E-state index contributed by atoms with van der Waals surface area (Å²) in [6.07, 6.45) is 0. The largest absolute Gasteiger partial charge is 0.482 e. The fourth-order valence-electron chi connectivity index (χ4n) is 1.76. The molecule has 0 N–H and O–H groups in total. The van der Waals surface area contributed by atoms with E-state index in [1.54, 1.807) is 30.3 Å². The number of hydrogen-bond donors (Lipinski definition) is 0.